The Labute approximate surface area is 323 Å². The zero-order valence-corrected chi connectivity index (χ0v) is 35.3. The average Bonchev–Trinajstić information content (AvgIpc) is 3.12. The van der Waals surface area contributed by atoms with Crippen LogP contribution in [0.25, 0.3) is 0 Å². The molecule has 0 aliphatic heterocycles. The smallest absolute Gasteiger partial charge is 0.306 e. The summed E-state index contributed by atoms with van der Waals surface area (Å²) < 4.78 is 16.7. The number of carbonyl (C=O) groups is 3. The van der Waals surface area contributed by atoms with Crippen LogP contribution >= 0.6 is 0 Å². The molecule has 6 heteroatoms. The van der Waals surface area contributed by atoms with Gasteiger partial charge in [0.1, 0.15) is 13.2 Å². The van der Waals surface area contributed by atoms with Crippen molar-refractivity contribution in [2.24, 2.45) is 5.92 Å². The molecule has 0 saturated heterocycles. The third-order valence-electron chi connectivity index (χ3n) is 10.3. The third kappa shape index (κ3) is 39.6. The minimum absolute atomic E-state index is 0.0641. The molecular weight excluding hydrogens is 648 g/mol. The summed E-state index contributed by atoms with van der Waals surface area (Å²) in [6, 6.07) is 0. The predicted molar refractivity (Wildman–Crippen MR) is 220 cm³/mol. The van der Waals surface area contributed by atoms with Crippen molar-refractivity contribution in [2.45, 2.75) is 259 Å². The zero-order valence-electron chi connectivity index (χ0n) is 35.3. The Balaban J connectivity index is 4.33. The second-order valence-electron chi connectivity index (χ2n) is 16.2. The Morgan fingerprint density at radius 1 is 0.365 bits per heavy atom. The molecular formula is C46H88O6. The van der Waals surface area contributed by atoms with E-state index in [4.69, 9.17) is 14.2 Å². The number of unbranched alkanes of at least 4 members (excludes halogenated alkanes) is 28. The SMILES string of the molecule is CCCCCCCCCCCCCCC(=O)OC[C@@H](COC(=O)CCCCCCCCCC(C)C)OC(=O)CCCCCCCCCCCCCC. The molecule has 0 heterocycles. The highest BCUT2D eigenvalue weighted by Gasteiger charge is 2.19. The lowest BCUT2D eigenvalue weighted by molar-refractivity contribution is -0.167. The van der Waals surface area contributed by atoms with Crippen molar-refractivity contribution < 1.29 is 28.6 Å². The molecule has 0 unspecified atom stereocenters. The van der Waals surface area contributed by atoms with Crippen molar-refractivity contribution in [3.8, 4) is 0 Å². The van der Waals surface area contributed by atoms with Gasteiger partial charge < -0.3 is 14.2 Å². The van der Waals surface area contributed by atoms with Crippen molar-refractivity contribution in [1.82, 2.24) is 0 Å². The maximum absolute atomic E-state index is 12.7. The van der Waals surface area contributed by atoms with Crippen LogP contribution in [0, 0.1) is 5.92 Å². The average molecular weight is 737 g/mol. The highest BCUT2D eigenvalue weighted by Crippen LogP contribution is 2.16. The number of esters is 3. The number of rotatable bonds is 41. The first-order valence-corrected chi connectivity index (χ1v) is 22.9. The van der Waals surface area contributed by atoms with E-state index in [-0.39, 0.29) is 31.1 Å². The second kappa shape index (κ2) is 40.6. The summed E-state index contributed by atoms with van der Waals surface area (Å²) >= 11 is 0. The Morgan fingerprint density at radius 3 is 0.942 bits per heavy atom. The maximum Gasteiger partial charge on any atom is 0.306 e. The highest BCUT2D eigenvalue weighted by molar-refractivity contribution is 5.71. The minimum atomic E-state index is -0.759. The monoisotopic (exact) mass is 737 g/mol. The Bertz CT molecular complexity index is 781. The lowest BCUT2D eigenvalue weighted by Gasteiger charge is -2.18. The lowest BCUT2D eigenvalue weighted by atomic mass is 10.0. The van der Waals surface area contributed by atoms with Crippen LogP contribution in [0.5, 0.6) is 0 Å². The summed E-state index contributed by atoms with van der Waals surface area (Å²) in [4.78, 5) is 37.7. The molecule has 0 aliphatic rings. The molecule has 0 amide bonds. The third-order valence-corrected chi connectivity index (χ3v) is 10.3. The fourth-order valence-corrected chi connectivity index (χ4v) is 6.80. The van der Waals surface area contributed by atoms with E-state index in [2.05, 4.69) is 27.7 Å². The van der Waals surface area contributed by atoms with Crippen molar-refractivity contribution in [3.63, 3.8) is 0 Å². The van der Waals surface area contributed by atoms with Crippen LogP contribution in [0.4, 0.5) is 0 Å². The molecule has 0 rings (SSSR count). The summed E-state index contributed by atoms with van der Waals surface area (Å²) in [5.74, 6) is -0.0747. The van der Waals surface area contributed by atoms with Crippen molar-refractivity contribution in [3.05, 3.63) is 0 Å². The Kier molecular flexibility index (Phi) is 39.4. The van der Waals surface area contributed by atoms with Gasteiger partial charge in [-0.1, -0.05) is 214 Å². The van der Waals surface area contributed by atoms with E-state index < -0.39 is 6.10 Å². The fraction of sp³-hybridized carbons (Fsp3) is 0.935. The van der Waals surface area contributed by atoms with Gasteiger partial charge in [-0.2, -0.15) is 0 Å². The van der Waals surface area contributed by atoms with E-state index in [1.807, 2.05) is 0 Å². The van der Waals surface area contributed by atoms with Crippen LogP contribution in [0.2, 0.25) is 0 Å². The maximum atomic E-state index is 12.7. The van der Waals surface area contributed by atoms with Crippen LogP contribution in [0.3, 0.4) is 0 Å². The second-order valence-corrected chi connectivity index (χ2v) is 16.2. The van der Waals surface area contributed by atoms with E-state index in [0.717, 1.165) is 63.7 Å². The normalized spacial score (nSPS) is 11.9. The molecule has 308 valence electrons. The molecule has 0 fully saturated rings. The van der Waals surface area contributed by atoms with Crippen molar-refractivity contribution in [1.29, 1.82) is 0 Å². The largest absolute Gasteiger partial charge is 0.462 e. The Hall–Kier alpha value is -1.59. The van der Waals surface area contributed by atoms with Gasteiger partial charge in [-0.25, -0.2) is 0 Å². The van der Waals surface area contributed by atoms with E-state index in [1.165, 1.54) is 148 Å². The number of ether oxygens (including phenoxy) is 3. The van der Waals surface area contributed by atoms with Crippen molar-refractivity contribution in [2.75, 3.05) is 13.2 Å². The topological polar surface area (TPSA) is 78.9 Å². The zero-order chi connectivity index (χ0) is 38.2. The van der Waals surface area contributed by atoms with Crippen LogP contribution < -0.4 is 0 Å². The van der Waals surface area contributed by atoms with Crippen LogP contribution in [-0.4, -0.2) is 37.2 Å². The van der Waals surface area contributed by atoms with Gasteiger partial charge in [0.15, 0.2) is 6.10 Å². The van der Waals surface area contributed by atoms with E-state index in [9.17, 15) is 14.4 Å². The van der Waals surface area contributed by atoms with Gasteiger partial charge in [0.25, 0.3) is 0 Å². The molecule has 0 N–H and O–H groups in total. The van der Waals surface area contributed by atoms with Gasteiger partial charge in [-0.3, -0.25) is 14.4 Å². The molecule has 1 atom stereocenters. The molecule has 0 saturated carbocycles. The van der Waals surface area contributed by atoms with Crippen LogP contribution in [0.1, 0.15) is 252 Å². The highest BCUT2D eigenvalue weighted by atomic mass is 16.6. The Morgan fingerprint density at radius 2 is 0.635 bits per heavy atom. The molecule has 0 spiro atoms. The first-order chi connectivity index (χ1) is 25.4. The van der Waals surface area contributed by atoms with Crippen molar-refractivity contribution >= 4 is 17.9 Å². The number of carbonyl (C=O) groups excluding carboxylic acids is 3. The standard InChI is InChI=1S/C46H88O6/c1-5-7-9-11-13-15-17-19-21-25-29-33-37-44(47)50-40-43(41-51-45(48)38-34-30-27-23-24-28-32-36-42(3)4)52-46(49)39-35-31-26-22-20-18-16-14-12-10-8-6-2/h42-43H,5-41H2,1-4H3/t43-/m0/s1. The summed E-state index contributed by atoms with van der Waals surface area (Å²) in [6.45, 7) is 8.94. The summed E-state index contributed by atoms with van der Waals surface area (Å²) in [5, 5.41) is 0. The summed E-state index contributed by atoms with van der Waals surface area (Å²) in [6.07, 6.45) is 39.4. The molecule has 52 heavy (non-hydrogen) atoms. The predicted octanol–water partition coefficient (Wildman–Crippen LogP) is 14.3. The number of hydrogen-bond donors (Lipinski definition) is 0. The minimum Gasteiger partial charge on any atom is -0.462 e. The molecule has 0 aromatic heterocycles. The summed E-state index contributed by atoms with van der Waals surface area (Å²) in [5.41, 5.74) is 0. The van der Waals surface area contributed by atoms with Gasteiger partial charge >= 0.3 is 17.9 Å². The van der Waals surface area contributed by atoms with Gasteiger partial charge in [-0.05, 0) is 25.2 Å². The molecule has 0 aliphatic carbocycles. The molecule has 0 aromatic carbocycles. The summed E-state index contributed by atoms with van der Waals surface area (Å²) in [7, 11) is 0. The number of hydrogen-bond acceptors (Lipinski definition) is 6. The molecule has 0 radical (unpaired) electrons. The van der Waals surface area contributed by atoms with Gasteiger partial charge in [0.05, 0.1) is 0 Å². The van der Waals surface area contributed by atoms with Gasteiger partial charge in [0, 0.05) is 19.3 Å². The van der Waals surface area contributed by atoms with Gasteiger partial charge in [-0.15, -0.1) is 0 Å². The first kappa shape index (κ1) is 50.4. The van der Waals surface area contributed by atoms with E-state index in [1.54, 1.807) is 0 Å². The molecule has 0 aromatic rings. The fourth-order valence-electron chi connectivity index (χ4n) is 6.80. The van der Waals surface area contributed by atoms with E-state index >= 15 is 0 Å². The first-order valence-electron chi connectivity index (χ1n) is 22.9. The molecule has 6 nitrogen and oxygen atoms in total. The quantitative estimate of drug-likeness (QED) is 0.0353. The van der Waals surface area contributed by atoms with Crippen LogP contribution in [-0.2, 0) is 28.6 Å². The lowest BCUT2D eigenvalue weighted by Crippen LogP contribution is -2.30. The van der Waals surface area contributed by atoms with Gasteiger partial charge in [0.2, 0.25) is 0 Å². The molecule has 0 bridgehead atoms. The van der Waals surface area contributed by atoms with Crippen LogP contribution in [0.15, 0.2) is 0 Å². The van der Waals surface area contributed by atoms with E-state index in [0.29, 0.717) is 19.3 Å².